The molecule has 0 atom stereocenters. The van der Waals surface area contributed by atoms with Gasteiger partial charge in [-0.05, 0) is 22.5 Å². The molecule has 0 amide bonds. The maximum absolute atomic E-state index is 12.0. The number of esters is 1. The summed E-state index contributed by atoms with van der Waals surface area (Å²) in [5.41, 5.74) is 0.390. The van der Waals surface area contributed by atoms with Gasteiger partial charge in [-0.3, -0.25) is 4.79 Å². The second-order valence-electron chi connectivity index (χ2n) is 7.63. The third kappa shape index (κ3) is 5.47. The van der Waals surface area contributed by atoms with Gasteiger partial charge >= 0.3 is 5.97 Å². The number of hydrogen-bond acceptors (Lipinski definition) is 3. The molecule has 0 aliphatic carbocycles. The van der Waals surface area contributed by atoms with E-state index in [0.29, 0.717) is 0 Å². The second kappa shape index (κ2) is 6.91. The molecule has 120 valence electrons. The van der Waals surface area contributed by atoms with Gasteiger partial charge < -0.3 is 4.74 Å². The standard InChI is InChI=1S/C19H26O3/c1-18(2,3)17(19(4,5)6)22-16(21)15(20)13-12-14-10-8-7-9-11-14/h7-13,17H,1-6H3/b13-12+. The number of carbonyl (C=O) groups is 2. The zero-order chi connectivity index (χ0) is 17.0. The molecule has 0 aliphatic rings. The lowest BCUT2D eigenvalue weighted by atomic mass is 9.74. The minimum atomic E-state index is -0.804. The molecule has 0 radical (unpaired) electrons. The van der Waals surface area contributed by atoms with E-state index >= 15 is 0 Å². The van der Waals surface area contributed by atoms with E-state index in [1.54, 1.807) is 6.08 Å². The topological polar surface area (TPSA) is 43.4 Å². The van der Waals surface area contributed by atoms with Crippen LogP contribution in [-0.2, 0) is 14.3 Å². The number of benzene rings is 1. The van der Waals surface area contributed by atoms with Gasteiger partial charge in [-0.25, -0.2) is 4.79 Å². The highest BCUT2D eigenvalue weighted by atomic mass is 16.6. The summed E-state index contributed by atoms with van der Waals surface area (Å²) in [6.45, 7) is 12.0. The largest absolute Gasteiger partial charge is 0.455 e. The van der Waals surface area contributed by atoms with Gasteiger partial charge in [-0.2, -0.15) is 0 Å². The number of ether oxygens (including phenoxy) is 1. The maximum atomic E-state index is 12.0. The molecule has 3 heteroatoms. The summed E-state index contributed by atoms with van der Waals surface area (Å²) >= 11 is 0. The molecule has 0 saturated heterocycles. The van der Waals surface area contributed by atoms with Gasteiger partial charge in [-0.1, -0.05) is 78.0 Å². The van der Waals surface area contributed by atoms with Crippen molar-refractivity contribution in [1.29, 1.82) is 0 Å². The Hall–Kier alpha value is -1.90. The van der Waals surface area contributed by atoms with E-state index in [4.69, 9.17) is 4.74 Å². The smallest absolute Gasteiger partial charge is 0.379 e. The molecule has 22 heavy (non-hydrogen) atoms. The Morgan fingerprint density at radius 3 is 1.91 bits per heavy atom. The second-order valence-corrected chi connectivity index (χ2v) is 7.63. The predicted octanol–water partition coefficient (Wildman–Crippen LogP) is 4.27. The van der Waals surface area contributed by atoms with Crippen LogP contribution in [-0.4, -0.2) is 17.9 Å². The predicted molar refractivity (Wildman–Crippen MR) is 89.3 cm³/mol. The monoisotopic (exact) mass is 302 g/mol. The first-order valence-electron chi connectivity index (χ1n) is 7.50. The van der Waals surface area contributed by atoms with Crippen LogP contribution in [0.15, 0.2) is 36.4 Å². The van der Waals surface area contributed by atoms with E-state index in [0.717, 1.165) is 5.56 Å². The molecule has 1 aromatic carbocycles. The van der Waals surface area contributed by atoms with Crippen LogP contribution in [0.2, 0.25) is 0 Å². The molecular weight excluding hydrogens is 276 g/mol. The van der Waals surface area contributed by atoms with E-state index in [1.807, 2.05) is 71.9 Å². The van der Waals surface area contributed by atoms with Crippen LogP contribution in [0.5, 0.6) is 0 Å². The average Bonchev–Trinajstić information content (AvgIpc) is 2.40. The number of rotatable bonds is 4. The number of carbonyl (C=O) groups excluding carboxylic acids is 2. The van der Waals surface area contributed by atoms with Crippen LogP contribution < -0.4 is 0 Å². The van der Waals surface area contributed by atoms with Crippen molar-refractivity contribution in [2.45, 2.75) is 47.6 Å². The number of ketones is 1. The SMILES string of the molecule is CC(C)(C)C(OC(=O)C(=O)/C=C/c1ccccc1)C(C)(C)C. The lowest BCUT2D eigenvalue weighted by molar-refractivity contribution is -0.167. The highest BCUT2D eigenvalue weighted by molar-refractivity contribution is 6.39. The third-order valence-corrected chi connectivity index (χ3v) is 3.23. The summed E-state index contributed by atoms with van der Waals surface area (Å²) in [4.78, 5) is 24.0. The Kier molecular flexibility index (Phi) is 5.70. The van der Waals surface area contributed by atoms with Gasteiger partial charge in [0.25, 0.3) is 5.78 Å². The van der Waals surface area contributed by atoms with Crippen LogP contribution in [0.25, 0.3) is 6.08 Å². The van der Waals surface area contributed by atoms with E-state index in [-0.39, 0.29) is 16.9 Å². The zero-order valence-corrected chi connectivity index (χ0v) is 14.3. The molecule has 0 heterocycles. The van der Waals surface area contributed by atoms with Gasteiger partial charge in [-0.15, -0.1) is 0 Å². The van der Waals surface area contributed by atoms with Crippen LogP contribution in [0, 0.1) is 10.8 Å². The van der Waals surface area contributed by atoms with Crippen molar-refractivity contribution in [3.8, 4) is 0 Å². The van der Waals surface area contributed by atoms with Gasteiger partial charge in [0.2, 0.25) is 0 Å². The van der Waals surface area contributed by atoms with Gasteiger partial charge in [0.15, 0.2) is 0 Å². The Morgan fingerprint density at radius 2 is 1.45 bits per heavy atom. The van der Waals surface area contributed by atoms with Gasteiger partial charge in [0.05, 0.1) is 0 Å². The fourth-order valence-electron chi connectivity index (χ4n) is 2.62. The minimum Gasteiger partial charge on any atom is -0.455 e. The van der Waals surface area contributed by atoms with Crippen molar-refractivity contribution in [3.05, 3.63) is 42.0 Å². The normalized spacial score (nSPS) is 12.7. The summed E-state index contributed by atoms with van der Waals surface area (Å²) < 4.78 is 5.49. The highest BCUT2D eigenvalue weighted by Crippen LogP contribution is 2.36. The molecule has 0 N–H and O–H groups in total. The summed E-state index contributed by atoms with van der Waals surface area (Å²) in [7, 11) is 0. The van der Waals surface area contributed by atoms with E-state index in [9.17, 15) is 9.59 Å². The van der Waals surface area contributed by atoms with Crippen molar-refractivity contribution in [3.63, 3.8) is 0 Å². The molecule has 0 unspecified atom stereocenters. The Labute approximate surface area is 133 Å². The van der Waals surface area contributed by atoms with Crippen molar-refractivity contribution < 1.29 is 14.3 Å². The minimum absolute atomic E-state index is 0.239. The molecule has 0 bridgehead atoms. The zero-order valence-electron chi connectivity index (χ0n) is 14.3. The average molecular weight is 302 g/mol. The van der Waals surface area contributed by atoms with E-state index < -0.39 is 11.8 Å². The third-order valence-electron chi connectivity index (χ3n) is 3.23. The first-order chi connectivity index (χ1) is 10.0. The molecule has 1 rings (SSSR count). The van der Waals surface area contributed by atoms with Crippen LogP contribution >= 0.6 is 0 Å². The molecule has 3 nitrogen and oxygen atoms in total. The van der Waals surface area contributed by atoms with E-state index in [2.05, 4.69) is 0 Å². The fourth-order valence-corrected chi connectivity index (χ4v) is 2.62. The molecule has 0 spiro atoms. The Balaban J connectivity index is 2.78. The van der Waals surface area contributed by atoms with Crippen LogP contribution in [0.1, 0.15) is 47.1 Å². The molecule has 0 fully saturated rings. The highest BCUT2D eigenvalue weighted by Gasteiger charge is 2.38. The summed E-state index contributed by atoms with van der Waals surface area (Å²) in [5, 5.41) is 0. The van der Waals surface area contributed by atoms with Crippen LogP contribution in [0.3, 0.4) is 0 Å². The molecule has 0 saturated carbocycles. The van der Waals surface area contributed by atoms with Gasteiger partial charge in [0.1, 0.15) is 6.10 Å². The number of hydrogen-bond donors (Lipinski definition) is 0. The lowest BCUT2D eigenvalue weighted by Gasteiger charge is -2.39. The van der Waals surface area contributed by atoms with Crippen molar-refractivity contribution in [1.82, 2.24) is 0 Å². The molecule has 1 aromatic rings. The van der Waals surface area contributed by atoms with Crippen molar-refractivity contribution in [2.75, 3.05) is 0 Å². The quantitative estimate of drug-likeness (QED) is 0.474. The van der Waals surface area contributed by atoms with Crippen molar-refractivity contribution >= 4 is 17.8 Å². The lowest BCUT2D eigenvalue weighted by Crippen LogP contribution is -2.43. The van der Waals surface area contributed by atoms with Gasteiger partial charge in [0, 0.05) is 0 Å². The van der Waals surface area contributed by atoms with E-state index in [1.165, 1.54) is 6.08 Å². The maximum Gasteiger partial charge on any atom is 0.379 e. The summed E-state index contributed by atoms with van der Waals surface area (Å²) in [5.74, 6) is -1.44. The Bertz CT molecular complexity index is 528. The summed E-state index contributed by atoms with van der Waals surface area (Å²) in [6, 6.07) is 9.37. The molecule has 0 aromatic heterocycles. The molecular formula is C19H26O3. The fraction of sp³-hybridized carbons (Fsp3) is 0.474. The summed E-state index contributed by atoms with van der Waals surface area (Å²) in [6.07, 6.45) is 2.54. The first-order valence-corrected chi connectivity index (χ1v) is 7.50. The Morgan fingerprint density at radius 1 is 0.955 bits per heavy atom. The first kappa shape index (κ1) is 18.1. The molecule has 0 aliphatic heterocycles. The van der Waals surface area contributed by atoms with Crippen LogP contribution in [0.4, 0.5) is 0 Å². The van der Waals surface area contributed by atoms with Crippen molar-refractivity contribution in [2.24, 2.45) is 10.8 Å².